The van der Waals surface area contributed by atoms with Crippen molar-refractivity contribution in [2.75, 3.05) is 14.2 Å². The molecule has 1 heterocycles. The molecule has 0 amide bonds. The molecule has 0 N–H and O–H groups in total. The van der Waals surface area contributed by atoms with Crippen LogP contribution in [0, 0.1) is 0 Å². The van der Waals surface area contributed by atoms with Crippen LogP contribution < -0.4 is 0 Å². The Morgan fingerprint density at radius 3 is 2.65 bits per heavy atom. The molecule has 2 aromatic rings. The molecule has 0 unspecified atom stereocenters. The first-order valence-electron chi connectivity index (χ1n) is 5.55. The topological polar surface area (TPSA) is 78.6 Å². The summed E-state index contributed by atoms with van der Waals surface area (Å²) in [5, 5.41) is 0.242. The van der Waals surface area contributed by atoms with Gasteiger partial charge in [-0.2, -0.15) is 0 Å². The van der Waals surface area contributed by atoms with Crippen molar-refractivity contribution in [2.24, 2.45) is 0 Å². The molecule has 0 radical (unpaired) electrons. The molecule has 0 aliphatic heterocycles. The summed E-state index contributed by atoms with van der Waals surface area (Å²) in [6, 6.07) is 7.18. The van der Waals surface area contributed by atoms with Gasteiger partial charge in [-0.1, -0.05) is 12.1 Å². The van der Waals surface area contributed by atoms with Crippen molar-refractivity contribution in [1.82, 2.24) is 4.98 Å². The van der Waals surface area contributed by atoms with E-state index < -0.39 is 11.9 Å². The summed E-state index contributed by atoms with van der Waals surface area (Å²) in [6.07, 6.45) is 1.03. The number of thioether (sulfide) groups is 1. The van der Waals surface area contributed by atoms with Crippen molar-refractivity contribution in [3.05, 3.63) is 35.2 Å². The van der Waals surface area contributed by atoms with Crippen molar-refractivity contribution < 1.29 is 23.5 Å². The Morgan fingerprint density at radius 2 is 2.00 bits per heavy atom. The average Bonchev–Trinajstić information content (AvgIpc) is 2.87. The number of hydrogen-bond acceptors (Lipinski definition) is 7. The number of carbonyl (C=O) groups excluding carboxylic acids is 2. The zero-order valence-electron chi connectivity index (χ0n) is 10.8. The Kier molecular flexibility index (Phi) is 4.41. The molecule has 1 aromatic carbocycles. The summed E-state index contributed by atoms with van der Waals surface area (Å²) in [5.74, 6) is -1.32. The highest BCUT2D eigenvalue weighted by Gasteiger charge is 2.17. The Bertz CT molecular complexity index is 643. The highest BCUT2D eigenvalue weighted by molar-refractivity contribution is 8.03. The fourth-order valence-electron chi connectivity index (χ4n) is 1.39. The van der Waals surface area contributed by atoms with Gasteiger partial charge >= 0.3 is 11.9 Å². The lowest BCUT2D eigenvalue weighted by atomic mass is 10.3. The van der Waals surface area contributed by atoms with Gasteiger partial charge in [-0.3, -0.25) is 0 Å². The Hall–Kier alpha value is -2.28. The molecule has 7 heteroatoms. The maximum absolute atomic E-state index is 11.6. The lowest BCUT2D eigenvalue weighted by Crippen LogP contribution is -2.05. The third-order valence-corrected chi connectivity index (χ3v) is 3.16. The minimum absolute atomic E-state index is 0.0332. The molecule has 0 aliphatic rings. The zero-order chi connectivity index (χ0) is 14.5. The molecule has 20 heavy (non-hydrogen) atoms. The molecule has 0 atom stereocenters. The number of oxazole rings is 1. The number of ether oxygens (including phenoxy) is 2. The first kappa shape index (κ1) is 14.1. The second-order valence-corrected chi connectivity index (χ2v) is 4.57. The molecular weight excluding hydrogens is 282 g/mol. The number of carbonyl (C=O) groups is 2. The summed E-state index contributed by atoms with van der Waals surface area (Å²) in [4.78, 5) is 27.1. The van der Waals surface area contributed by atoms with Crippen molar-refractivity contribution >= 4 is 34.8 Å². The lowest BCUT2D eigenvalue weighted by molar-refractivity contribution is -0.137. The van der Waals surface area contributed by atoms with Gasteiger partial charge in [0.15, 0.2) is 5.58 Å². The van der Waals surface area contributed by atoms with Gasteiger partial charge < -0.3 is 13.9 Å². The highest BCUT2D eigenvalue weighted by atomic mass is 32.2. The summed E-state index contributed by atoms with van der Waals surface area (Å²) in [6.45, 7) is 0. The predicted octanol–water partition coefficient (Wildman–Crippen LogP) is 2.15. The third-order valence-electron chi connectivity index (χ3n) is 2.31. The van der Waals surface area contributed by atoms with Crippen LogP contribution in [0.3, 0.4) is 0 Å². The number of benzene rings is 1. The predicted molar refractivity (Wildman–Crippen MR) is 72.0 cm³/mol. The van der Waals surface area contributed by atoms with Gasteiger partial charge in [0, 0.05) is 6.08 Å². The van der Waals surface area contributed by atoms with E-state index in [2.05, 4.69) is 14.5 Å². The molecule has 6 nitrogen and oxygen atoms in total. The molecule has 0 spiro atoms. The van der Waals surface area contributed by atoms with Gasteiger partial charge in [-0.05, 0) is 23.9 Å². The van der Waals surface area contributed by atoms with Gasteiger partial charge in [-0.15, -0.1) is 0 Å². The van der Waals surface area contributed by atoms with Crippen LogP contribution in [0.25, 0.3) is 11.1 Å². The molecule has 0 fully saturated rings. The number of rotatable bonds is 4. The average molecular weight is 293 g/mol. The zero-order valence-corrected chi connectivity index (χ0v) is 11.6. The van der Waals surface area contributed by atoms with E-state index in [1.54, 1.807) is 12.1 Å². The van der Waals surface area contributed by atoms with E-state index >= 15 is 0 Å². The van der Waals surface area contributed by atoms with E-state index in [0.717, 1.165) is 17.8 Å². The van der Waals surface area contributed by atoms with Crippen LogP contribution >= 0.6 is 11.8 Å². The van der Waals surface area contributed by atoms with Crippen LogP contribution in [0.4, 0.5) is 0 Å². The molecule has 0 saturated heterocycles. The van der Waals surface area contributed by atoms with E-state index in [4.69, 9.17) is 4.42 Å². The summed E-state index contributed by atoms with van der Waals surface area (Å²) >= 11 is 0.899. The Labute approximate surface area is 118 Å². The van der Waals surface area contributed by atoms with Crippen molar-refractivity contribution in [3.8, 4) is 0 Å². The number of methoxy groups -OCH3 is 2. The smallest absolute Gasteiger partial charge is 0.345 e. The van der Waals surface area contributed by atoms with Crippen molar-refractivity contribution in [1.29, 1.82) is 0 Å². The van der Waals surface area contributed by atoms with Crippen LogP contribution in [-0.2, 0) is 19.1 Å². The molecule has 104 valence electrons. The van der Waals surface area contributed by atoms with Crippen molar-refractivity contribution in [2.45, 2.75) is 5.22 Å². The monoisotopic (exact) mass is 293 g/mol. The number of fused-ring (bicyclic) bond motifs is 1. The quantitative estimate of drug-likeness (QED) is 0.485. The third kappa shape index (κ3) is 3.18. The van der Waals surface area contributed by atoms with Gasteiger partial charge in [0.05, 0.1) is 14.2 Å². The highest BCUT2D eigenvalue weighted by Crippen LogP contribution is 2.29. The Balaban J connectivity index is 2.29. The normalized spacial score (nSPS) is 11.4. The number of hydrogen-bond donors (Lipinski definition) is 0. The molecular formula is C13H11NO5S. The standard InChI is InChI=1S/C13H11NO5S/c1-17-11(15)7-10(12(16)18-2)20-13-14-8-5-3-4-6-9(8)19-13/h3-7H,1-2H3/b10-7-. The fraction of sp³-hybridized carbons (Fsp3) is 0.154. The number of esters is 2. The summed E-state index contributed by atoms with van der Waals surface area (Å²) in [7, 11) is 2.44. The van der Waals surface area contributed by atoms with Gasteiger partial charge in [0.1, 0.15) is 10.4 Å². The van der Waals surface area contributed by atoms with Crippen LogP contribution in [0.15, 0.2) is 44.9 Å². The van der Waals surface area contributed by atoms with Gasteiger partial charge in [-0.25, -0.2) is 14.6 Å². The van der Waals surface area contributed by atoms with Crippen LogP contribution in [0.5, 0.6) is 0 Å². The second-order valence-electron chi connectivity index (χ2n) is 3.57. The Morgan fingerprint density at radius 1 is 1.25 bits per heavy atom. The second kappa shape index (κ2) is 6.25. The van der Waals surface area contributed by atoms with Gasteiger partial charge in [0.2, 0.25) is 0 Å². The van der Waals surface area contributed by atoms with E-state index in [9.17, 15) is 9.59 Å². The van der Waals surface area contributed by atoms with E-state index in [0.29, 0.717) is 11.1 Å². The first-order valence-corrected chi connectivity index (χ1v) is 6.37. The SMILES string of the molecule is COC(=O)/C=C(\Sc1nc2ccccc2o1)C(=O)OC. The molecule has 0 saturated carbocycles. The molecule has 0 aliphatic carbocycles. The van der Waals surface area contributed by atoms with E-state index in [1.807, 2.05) is 12.1 Å². The maximum atomic E-state index is 11.6. The molecule has 0 bridgehead atoms. The van der Waals surface area contributed by atoms with Crippen molar-refractivity contribution in [3.63, 3.8) is 0 Å². The molecule has 2 rings (SSSR count). The molecule has 1 aromatic heterocycles. The lowest BCUT2D eigenvalue weighted by Gasteiger charge is -2.01. The summed E-state index contributed by atoms with van der Waals surface area (Å²) < 4.78 is 14.5. The number of aromatic nitrogens is 1. The van der Waals surface area contributed by atoms with E-state index in [1.165, 1.54) is 14.2 Å². The first-order chi connectivity index (χ1) is 9.63. The van der Waals surface area contributed by atoms with Crippen LogP contribution in [-0.4, -0.2) is 31.1 Å². The number of nitrogens with zero attached hydrogens (tertiary/aromatic N) is 1. The number of para-hydroxylation sites is 2. The van der Waals surface area contributed by atoms with Crippen LogP contribution in [0.1, 0.15) is 0 Å². The summed E-state index contributed by atoms with van der Waals surface area (Å²) in [5.41, 5.74) is 1.26. The maximum Gasteiger partial charge on any atom is 0.345 e. The van der Waals surface area contributed by atoms with Crippen LogP contribution in [0.2, 0.25) is 0 Å². The van der Waals surface area contributed by atoms with E-state index in [-0.39, 0.29) is 10.1 Å². The largest absolute Gasteiger partial charge is 0.466 e. The van der Waals surface area contributed by atoms with Gasteiger partial charge in [0.25, 0.3) is 5.22 Å². The fourth-order valence-corrected chi connectivity index (χ4v) is 2.17. The minimum Gasteiger partial charge on any atom is -0.466 e. The minimum atomic E-state index is -0.664.